The zero-order valence-electron chi connectivity index (χ0n) is 9.32. The van der Waals surface area contributed by atoms with E-state index in [1.165, 1.54) is 22.8 Å². The van der Waals surface area contributed by atoms with Crippen LogP contribution in [0.2, 0.25) is 0 Å². The Morgan fingerprint density at radius 2 is 2.13 bits per heavy atom. The molecule has 0 N–H and O–H groups in total. The van der Waals surface area contributed by atoms with E-state index in [1.807, 2.05) is 0 Å². The summed E-state index contributed by atoms with van der Waals surface area (Å²) in [5.41, 5.74) is 0. The number of hydrogen-bond donors (Lipinski definition) is 0. The van der Waals surface area contributed by atoms with Crippen molar-refractivity contribution in [2.45, 2.75) is 30.8 Å². The van der Waals surface area contributed by atoms with Gasteiger partial charge in [0.15, 0.2) is 4.90 Å². The van der Waals surface area contributed by atoms with E-state index in [0.29, 0.717) is 17.0 Å². The molecular weight excluding hydrogens is 204 g/mol. The van der Waals surface area contributed by atoms with E-state index >= 15 is 0 Å². The van der Waals surface area contributed by atoms with Crippen molar-refractivity contribution < 1.29 is 4.74 Å². The van der Waals surface area contributed by atoms with E-state index in [-0.39, 0.29) is 0 Å². The monoisotopic (exact) mass is 223 g/mol. The average molecular weight is 223 g/mol. The van der Waals surface area contributed by atoms with Crippen molar-refractivity contribution in [3.05, 3.63) is 30.3 Å². The summed E-state index contributed by atoms with van der Waals surface area (Å²) in [4.78, 5) is 1.51. The molecule has 1 heterocycles. The molecule has 1 nitrogen and oxygen atoms in total. The smallest absolute Gasteiger partial charge is 0.154 e. The van der Waals surface area contributed by atoms with Gasteiger partial charge in [0.05, 0.1) is 0 Å². The molecule has 82 valence electrons. The van der Waals surface area contributed by atoms with Crippen LogP contribution in [0, 0.1) is 0 Å². The second-order valence-corrected chi connectivity index (χ2v) is 6.16. The lowest BCUT2D eigenvalue weighted by Crippen LogP contribution is -2.15. The minimum atomic E-state index is 0.451. The molecule has 1 aliphatic rings. The van der Waals surface area contributed by atoms with Crippen LogP contribution in [-0.2, 0) is 15.6 Å². The predicted molar refractivity (Wildman–Crippen MR) is 66.5 cm³/mol. The van der Waals surface area contributed by atoms with Crippen LogP contribution in [0.25, 0.3) is 0 Å². The van der Waals surface area contributed by atoms with Crippen LogP contribution < -0.4 is 0 Å². The van der Waals surface area contributed by atoms with Crippen LogP contribution in [-0.4, -0.2) is 24.2 Å². The highest BCUT2D eigenvalue weighted by atomic mass is 32.2. The molecule has 1 aromatic rings. The van der Waals surface area contributed by atoms with Gasteiger partial charge in [-0.3, -0.25) is 0 Å². The Morgan fingerprint density at radius 1 is 1.33 bits per heavy atom. The van der Waals surface area contributed by atoms with Gasteiger partial charge in [-0.2, -0.15) is 0 Å². The molecule has 0 radical (unpaired) electrons. The zero-order valence-corrected chi connectivity index (χ0v) is 10.1. The van der Waals surface area contributed by atoms with Crippen LogP contribution >= 0.6 is 0 Å². The summed E-state index contributed by atoms with van der Waals surface area (Å²) < 4.78 is 5.81. The first-order valence-electron chi connectivity index (χ1n) is 5.74. The summed E-state index contributed by atoms with van der Waals surface area (Å²) in [6, 6.07) is 10.9. The number of rotatable bonds is 4. The Balaban J connectivity index is 1.87. The lowest BCUT2D eigenvalue weighted by atomic mass is 10.3. The molecule has 1 saturated heterocycles. The van der Waals surface area contributed by atoms with Crippen molar-refractivity contribution in [2.75, 3.05) is 18.1 Å². The first-order valence-corrected chi connectivity index (χ1v) is 7.30. The van der Waals surface area contributed by atoms with Gasteiger partial charge in [-0.1, -0.05) is 25.1 Å². The van der Waals surface area contributed by atoms with Crippen molar-refractivity contribution in [1.29, 1.82) is 0 Å². The summed E-state index contributed by atoms with van der Waals surface area (Å²) in [6.45, 7) is 3.10. The number of benzene rings is 1. The Bertz CT molecular complexity index is 286. The summed E-state index contributed by atoms with van der Waals surface area (Å²) >= 11 is 0. The van der Waals surface area contributed by atoms with Crippen LogP contribution in [0.15, 0.2) is 35.2 Å². The SMILES string of the molecule is CCCOC1CC[S+](c2ccccc2)C1. The Kier molecular flexibility index (Phi) is 4.09. The topological polar surface area (TPSA) is 9.23 Å². The third-order valence-electron chi connectivity index (χ3n) is 2.71. The maximum absolute atomic E-state index is 5.81. The third-order valence-corrected chi connectivity index (χ3v) is 5.15. The molecule has 1 aliphatic heterocycles. The van der Waals surface area contributed by atoms with Gasteiger partial charge in [-0.15, -0.1) is 0 Å². The van der Waals surface area contributed by atoms with E-state index in [0.717, 1.165) is 13.0 Å². The molecule has 0 saturated carbocycles. The molecule has 1 aromatic carbocycles. The summed E-state index contributed by atoms with van der Waals surface area (Å²) in [6.07, 6.45) is 2.90. The van der Waals surface area contributed by atoms with Crippen LogP contribution in [0.5, 0.6) is 0 Å². The van der Waals surface area contributed by atoms with Crippen LogP contribution in [0.1, 0.15) is 19.8 Å². The van der Waals surface area contributed by atoms with Gasteiger partial charge in [0.25, 0.3) is 0 Å². The molecule has 15 heavy (non-hydrogen) atoms. The molecule has 0 bridgehead atoms. The lowest BCUT2D eigenvalue weighted by molar-refractivity contribution is 0.0717. The van der Waals surface area contributed by atoms with E-state index in [2.05, 4.69) is 37.3 Å². The highest BCUT2D eigenvalue weighted by molar-refractivity contribution is 7.97. The van der Waals surface area contributed by atoms with Gasteiger partial charge >= 0.3 is 0 Å². The van der Waals surface area contributed by atoms with E-state index in [4.69, 9.17) is 4.74 Å². The van der Waals surface area contributed by atoms with Crippen LogP contribution in [0.3, 0.4) is 0 Å². The van der Waals surface area contributed by atoms with Gasteiger partial charge in [-0.25, -0.2) is 0 Å². The maximum Gasteiger partial charge on any atom is 0.154 e. The zero-order chi connectivity index (χ0) is 10.5. The van der Waals surface area contributed by atoms with Crippen molar-refractivity contribution in [1.82, 2.24) is 0 Å². The highest BCUT2D eigenvalue weighted by Crippen LogP contribution is 2.24. The molecule has 0 spiro atoms. The first-order chi connectivity index (χ1) is 7.40. The molecular formula is C13H19OS+. The summed E-state index contributed by atoms with van der Waals surface area (Å²) in [7, 11) is 0.451. The Hall–Kier alpha value is -0.470. The lowest BCUT2D eigenvalue weighted by Gasteiger charge is -2.06. The fourth-order valence-corrected chi connectivity index (χ4v) is 4.30. The Morgan fingerprint density at radius 3 is 2.87 bits per heavy atom. The van der Waals surface area contributed by atoms with Crippen molar-refractivity contribution >= 4 is 10.9 Å². The highest BCUT2D eigenvalue weighted by Gasteiger charge is 2.34. The van der Waals surface area contributed by atoms with Crippen molar-refractivity contribution in [3.63, 3.8) is 0 Å². The number of ether oxygens (including phenoxy) is 1. The molecule has 2 unspecified atom stereocenters. The van der Waals surface area contributed by atoms with Crippen LogP contribution in [0.4, 0.5) is 0 Å². The molecule has 0 aromatic heterocycles. The largest absolute Gasteiger partial charge is 0.373 e. The minimum absolute atomic E-state index is 0.451. The normalized spacial score (nSPS) is 25.7. The molecule has 0 amide bonds. The van der Waals surface area contributed by atoms with Crippen molar-refractivity contribution in [2.24, 2.45) is 0 Å². The average Bonchev–Trinajstić information content (AvgIpc) is 2.76. The summed E-state index contributed by atoms with van der Waals surface area (Å²) in [5.74, 6) is 2.56. The second kappa shape index (κ2) is 5.57. The van der Waals surface area contributed by atoms with E-state index in [1.54, 1.807) is 0 Å². The second-order valence-electron chi connectivity index (χ2n) is 3.96. The quantitative estimate of drug-likeness (QED) is 0.713. The van der Waals surface area contributed by atoms with Gasteiger partial charge in [0.2, 0.25) is 0 Å². The minimum Gasteiger partial charge on any atom is -0.373 e. The summed E-state index contributed by atoms with van der Waals surface area (Å²) in [5, 5.41) is 0. The molecule has 2 rings (SSSR count). The molecule has 2 heteroatoms. The van der Waals surface area contributed by atoms with Crippen molar-refractivity contribution in [3.8, 4) is 0 Å². The van der Waals surface area contributed by atoms with Gasteiger partial charge in [-0.05, 0) is 18.6 Å². The first kappa shape index (κ1) is 11.0. The third kappa shape index (κ3) is 2.99. The number of hydrogen-bond acceptors (Lipinski definition) is 1. The standard InChI is InChI=1S/C13H19OS/c1-2-9-14-12-8-10-15(11-12)13-6-4-3-5-7-13/h3-7,12H,2,8-11H2,1H3/q+1. The van der Waals surface area contributed by atoms with Gasteiger partial charge in [0.1, 0.15) is 17.6 Å². The Labute approximate surface area is 95.2 Å². The fraction of sp³-hybridized carbons (Fsp3) is 0.538. The molecule has 1 fully saturated rings. The van der Waals surface area contributed by atoms with Gasteiger partial charge < -0.3 is 4.74 Å². The van der Waals surface area contributed by atoms with E-state index < -0.39 is 0 Å². The predicted octanol–water partition coefficient (Wildman–Crippen LogP) is 2.86. The van der Waals surface area contributed by atoms with Gasteiger partial charge in [0, 0.05) is 23.9 Å². The molecule has 0 aliphatic carbocycles. The maximum atomic E-state index is 5.81. The van der Waals surface area contributed by atoms with E-state index in [9.17, 15) is 0 Å². The molecule has 2 atom stereocenters. The fourth-order valence-electron chi connectivity index (χ4n) is 1.91.